The minimum absolute atomic E-state index is 0.0666. The molecule has 0 spiro atoms. The van der Waals surface area contributed by atoms with Crippen LogP contribution in [0.3, 0.4) is 0 Å². The van der Waals surface area contributed by atoms with Crippen LogP contribution in [0.5, 0.6) is 0 Å². The fourth-order valence-electron chi connectivity index (χ4n) is 2.22. The summed E-state index contributed by atoms with van der Waals surface area (Å²) < 4.78 is 29.6. The molecule has 0 aromatic heterocycles. The zero-order chi connectivity index (χ0) is 19.0. The Bertz CT molecular complexity index is 932. The molecule has 3 aromatic rings. The van der Waals surface area contributed by atoms with Crippen molar-refractivity contribution >= 4 is 15.9 Å². The predicted octanol–water partition coefficient (Wildman–Crippen LogP) is 4.35. The number of rotatable bonds is 4. The maximum absolute atomic E-state index is 11.8. The van der Waals surface area contributed by atoms with Crippen LogP contribution >= 0.6 is 0 Å². The van der Waals surface area contributed by atoms with Crippen LogP contribution in [0.2, 0.25) is 0 Å². The first-order valence-electron chi connectivity index (χ1n) is 8.02. The molecule has 0 unspecified atom stereocenters. The molecule has 0 aliphatic rings. The van der Waals surface area contributed by atoms with Gasteiger partial charge in [-0.3, -0.25) is 9.35 Å². The molecule has 3 rings (SSSR count). The van der Waals surface area contributed by atoms with Gasteiger partial charge in [0.05, 0.1) is 4.90 Å². The van der Waals surface area contributed by atoms with Crippen LogP contribution in [0.4, 0.5) is 0 Å². The summed E-state index contributed by atoms with van der Waals surface area (Å²) in [4.78, 5) is 11.7. The molecule has 134 valence electrons. The molecule has 26 heavy (non-hydrogen) atoms. The van der Waals surface area contributed by atoms with E-state index in [1.165, 1.54) is 12.1 Å². The first-order valence-corrected chi connectivity index (χ1v) is 9.46. The van der Waals surface area contributed by atoms with E-state index in [1.54, 1.807) is 12.1 Å². The maximum Gasteiger partial charge on any atom is 0.294 e. The van der Waals surface area contributed by atoms with Gasteiger partial charge >= 0.3 is 0 Å². The lowest BCUT2D eigenvalue weighted by molar-refractivity contribution is 0.0993. The minimum Gasteiger partial charge on any atom is -0.294 e. The average molecular weight is 368 g/mol. The lowest BCUT2D eigenvalue weighted by Gasteiger charge is -2.00. The molecule has 0 bridgehead atoms. The molecular formula is C21H20O4S. The van der Waals surface area contributed by atoms with Gasteiger partial charge in [-0.2, -0.15) is 8.42 Å². The third kappa shape index (κ3) is 6.27. The number of hydrogen-bond donors (Lipinski definition) is 1. The van der Waals surface area contributed by atoms with Crippen molar-refractivity contribution in [3.63, 3.8) is 0 Å². The van der Waals surface area contributed by atoms with Crippen LogP contribution < -0.4 is 0 Å². The second kappa shape index (κ2) is 9.08. The Morgan fingerprint density at radius 1 is 0.808 bits per heavy atom. The number of carbonyl (C=O) groups is 1. The van der Waals surface area contributed by atoms with Gasteiger partial charge in [0.2, 0.25) is 0 Å². The van der Waals surface area contributed by atoms with Crippen molar-refractivity contribution in [1.29, 1.82) is 0 Å². The molecule has 0 amide bonds. The zero-order valence-electron chi connectivity index (χ0n) is 14.4. The van der Waals surface area contributed by atoms with E-state index in [1.807, 2.05) is 67.6 Å². The van der Waals surface area contributed by atoms with E-state index >= 15 is 0 Å². The van der Waals surface area contributed by atoms with Gasteiger partial charge in [0.15, 0.2) is 5.78 Å². The highest BCUT2D eigenvalue weighted by Gasteiger charge is 2.07. The molecule has 0 radical (unpaired) electrons. The van der Waals surface area contributed by atoms with Crippen LogP contribution in [0.25, 0.3) is 0 Å². The van der Waals surface area contributed by atoms with Crippen molar-refractivity contribution in [3.8, 4) is 0 Å². The molecule has 0 atom stereocenters. The lowest BCUT2D eigenvalue weighted by Crippen LogP contribution is -2.02. The summed E-state index contributed by atoms with van der Waals surface area (Å²) in [5.41, 5.74) is 2.80. The highest BCUT2D eigenvalue weighted by atomic mass is 32.2. The third-order valence-corrected chi connectivity index (χ3v) is 4.49. The Labute approximate surface area is 153 Å². The van der Waals surface area contributed by atoms with Gasteiger partial charge in [-0.1, -0.05) is 78.4 Å². The molecule has 0 aliphatic carbocycles. The molecule has 0 heterocycles. The number of hydrogen-bond acceptors (Lipinski definition) is 3. The van der Waals surface area contributed by atoms with E-state index in [0.717, 1.165) is 16.7 Å². The summed E-state index contributed by atoms with van der Waals surface area (Å²) in [6.07, 6.45) is 0.477. The van der Waals surface area contributed by atoms with Crippen LogP contribution in [0, 0.1) is 6.92 Å². The highest BCUT2D eigenvalue weighted by molar-refractivity contribution is 7.85. The maximum atomic E-state index is 11.8. The van der Waals surface area contributed by atoms with Crippen molar-refractivity contribution in [1.82, 2.24) is 0 Å². The Kier molecular flexibility index (Phi) is 6.83. The summed E-state index contributed by atoms with van der Waals surface area (Å²) in [5.74, 6) is 0.168. The highest BCUT2D eigenvalue weighted by Crippen LogP contribution is 2.08. The van der Waals surface area contributed by atoms with E-state index < -0.39 is 10.1 Å². The van der Waals surface area contributed by atoms with Crippen LogP contribution in [-0.4, -0.2) is 18.8 Å². The molecule has 5 heteroatoms. The van der Waals surface area contributed by atoms with Crippen LogP contribution in [0.1, 0.15) is 21.5 Å². The summed E-state index contributed by atoms with van der Waals surface area (Å²) in [6.45, 7) is 1.84. The van der Waals surface area contributed by atoms with Crippen molar-refractivity contribution in [2.45, 2.75) is 18.2 Å². The summed E-state index contributed by atoms with van der Waals surface area (Å²) in [5, 5.41) is 0. The Morgan fingerprint density at radius 2 is 1.31 bits per heavy atom. The van der Waals surface area contributed by atoms with Gasteiger partial charge in [-0.05, 0) is 24.6 Å². The van der Waals surface area contributed by atoms with Crippen LogP contribution in [-0.2, 0) is 16.5 Å². The monoisotopic (exact) mass is 368 g/mol. The number of carbonyl (C=O) groups excluding carboxylic acids is 1. The number of aryl methyl sites for hydroxylation is 1. The number of Topliss-reactive ketones (excluding diaryl/α,β-unsaturated/α-hetero) is 1. The third-order valence-electron chi connectivity index (χ3n) is 3.62. The van der Waals surface area contributed by atoms with E-state index in [-0.39, 0.29) is 10.7 Å². The number of ketones is 1. The molecular weight excluding hydrogens is 348 g/mol. The van der Waals surface area contributed by atoms with E-state index in [2.05, 4.69) is 0 Å². The van der Waals surface area contributed by atoms with Gasteiger partial charge in [-0.25, -0.2) is 0 Å². The molecule has 0 saturated carbocycles. The topological polar surface area (TPSA) is 71.4 Å². The Balaban J connectivity index is 0.000000197. The summed E-state index contributed by atoms with van der Waals surface area (Å²) in [7, 11) is -4.02. The van der Waals surface area contributed by atoms with Crippen molar-refractivity contribution in [2.75, 3.05) is 0 Å². The fourth-order valence-corrected chi connectivity index (χ4v) is 2.70. The average Bonchev–Trinajstić information content (AvgIpc) is 2.63. The van der Waals surface area contributed by atoms with Crippen molar-refractivity contribution in [2.24, 2.45) is 0 Å². The second-order valence-electron chi connectivity index (χ2n) is 5.74. The van der Waals surface area contributed by atoms with Gasteiger partial charge in [-0.15, -0.1) is 0 Å². The van der Waals surface area contributed by atoms with Crippen LogP contribution in [0.15, 0.2) is 89.8 Å². The number of benzene rings is 3. The van der Waals surface area contributed by atoms with Gasteiger partial charge in [0.25, 0.3) is 10.1 Å². The smallest absolute Gasteiger partial charge is 0.294 e. The Hall–Kier alpha value is -2.76. The van der Waals surface area contributed by atoms with Crippen molar-refractivity contribution < 1.29 is 17.8 Å². The summed E-state index contributed by atoms with van der Waals surface area (Å²) >= 11 is 0. The molecule has 4 nitrogen and oxygen atoms in total. The first kappa shape index (κ1) is 19.6. The molecule has 0 fully saturated rings. The van der Waals surface area contributed by atoms with Gasteiger partial charge in [0.1, 0.15) is 0 Å². The molecule has 0 aliphatic heterocycles. The molecule has 1 N–H and O–H groups in total. The van der Waals surface area contributed by atoms with Gasteiger partial charge < -0.3 is 0 Å². The van der Waals surface area contributed by atoms with Gasteiger partial charge in [0, 0.05) is 12.0 Å². The zero-order valence-corrected chi connectivity index (χ0v) is 15.2. The largest absolute Gasteiger partial charge is 0.294 e. The lowest BCUT2D eigenvalue weighted by atomic mass is 10.0. The molecule has 0 saturated heterocycles. The quantitative estimate of drug-likeness (QED) is 0.549. The van der Waals surface area contributed by atoms with E-state index in [0.29, 0.717) is 6.42 Å². The second-order valence-corrected chi connectivity index (χ2v) is 7.16. The molecule has 3 aromatic carbocycles. The normalized spacial score (nSPS) is 10.5. The summed E-state index contributed by atoms with van der Waals surface area (Å²) in [6, 6.07) is 25.2. The fraction of sp³-hybridized carbons (Fsp3) is 0.0952. The van der Waals surface area contributed by atoms with Crippen molar-refractivity contribution in [3.05, 3.63) is 102 Å². The van der Waals surface area contributed by atoms with E-state index in [4.69, 9.17) is 4.55 Å². The Morgan fingerprint density at radius 3 is 1.81 bits per heavy atom. The predicted molar refractivity (Wildman–Crippen MR) is 102 cm³/mol. The standard InChI is InChI=1S/C14H12O.C7H8O3S/c15-14(13-9-5-2-6-10-13)11-12-7-3-1-4-8-12;1-6-2-4-7(5-3-6)11(8,9)10/h1-10H,11H2;2-5H,1H3,(H,8,9,10). The first-order chi connectivity index (χ1) is 12.4. The SMILES string of the molecule is Cc1ccc(S(=O)(=O)O)cc1.O=C(Cc1ccccc1)c1ccccc1. The minimum atomic E-state index is -4.02. The van der Waals surface area contributed by atoms with E-state index in [9.17, 15) is 13.2 Å².